The fraction of sp³-hybridized carbons (Fsp3) is 0.440. The molecule has 2 heteroatoms. The molecule has 6 aromatic carbocycles. The second kappa shape index (κ2) is 21.0. The molecule has 0 spiro atoms. The smallest absolute Gasteiger partial charge is 0.0622 e. The summed E-state index contributed by atoms with van der Waals surface area (Å²) >= 11 is 0. The quantitative estimate of drug-likeness (QED) is 0.146. The molecule has 0 aliphatic carbocycles. The molecule has 0 nitrogen and oxygen atoms in total. The minimum Gasteiger partial charge on any atom is -0.0622 e. The van der Waals surface area contributed by atoms with Gasteiger partial charge in [0.15, 0.2) is 0 Å². The first-order chi connectivity index (χ1) is 35.3. The van der Waals surface area contributed by atoms with Crippen molar-refractivity contribution in [3.8, 4) is 0 Å². The minimum atomic E-state index is -0.860. The van der Waals surface area contributed by atoms with E-state index in [-0.39, 0.29) is 43.3 Å². The predicted molar refractivity (Wildman–Crippen MR) is 348 cm³/mol. The number of allylic oxidation sites excluding steroid dienone is 4. The molecule has 6 aromatic rings. The van der Waals surface area contributed by atoms with Gasteiger partial charge < -0.3 is 0 Å². The molecular weight excluding hydrogens is 963 g/mol. The summed E-state index contributed by atoms with van der Waals surface area (Å²) in [5.41, 5.74) is 20.5. The highest BCUT2D eigenvalue weighted by molar-refractivity contribution is 8.10. The van der Waals surface area contributed by atoms with Gasteiger partial charge in [-0.05, 0) is 166 Å². The van der Waals surface area contributed by atoms with E-state index in [1.807, 2.05) is 0 Å². The third kappa shape index (κ3) is 12.3. The average molecular weight is 1060 g/mol. The molecule has 0 amide bonds. The van der Waals surface area contributed by atoms with Gasteiger partial charge in [-0.3, -0.25) is 0 Å². The van der Waals surface area contributed by atoms with Gasteiger partial charge in [-0.25, -0.2) is 0 Å². The van der Waals surface area contributed by atoms with E-state index in [9.17, 15) is 0 Å². The van der Waals surface area contributed by atoms with E-state index in [0.29, 0.717) is 0 Å². The Kier molecular flexibility index (Phi) is 16.3. The molecule has 0 bridgehead atoms. The Morgan fingerprint density at radius 2 is 0.623 bits per heavy atom. The lowest BCUT2D eigenvalue weighted by Gasteiger charge is -2.45. The van der Waals surface area contributed by atoms with Crippen molar-refractivity contribution < 1.29 is 0 Å². The first kappa shape index (κ1) is 59.8. The third-order valence-corrected chi connectivity index (χ3v) is 18.5. The predicted octanol–water partition coefficient (Wildman–Crippen LogP) is 21.9. The van der Waals surface area contributed by atoms with Crippen LogP contribution in [0.2, 0.25) is 0 Å². The Bertz CT molecular complexity index is 3210. The molecule has 0 saturated carbocycles. The number of hydrogen-bond donors (Lipinski definition) is 0. The second-order valence-corrected chi connectivity index (χ2v) is 33.0. The van der Waals surface area contributed by atoms with E-state index in [1.165, 1.54) is 116 Å². The molecule has 1 aliphatic rings. The zero-order chi connectivity index (χ0) is 57.3. The van der Waals surface area contributed by atoms with E-state index < -0.39 is 5.41 Å². The summed E-state index contributed by atoms with van der Waals surface area (Å²) in [6.45, 7) is 57.5. The van der Waals surface area contributed by atoms with E-state index in [2.05, 4.69) is 312 Å². The monoisotopic (exact) mass is 1060 g/mol. The maximum atomic E-state index is 2.59. The van der Waals surface area contributed by atoms with Gasteiger partial charge in [0.1, 0.15) is 0 Å². The van der Waals surface area contributed by atoms with E-state index in [0.717, 1.165) is 0 Å². The largest absolute Gasteiger partial charge is 0.0765 e. The van der Waals surface area contributed by atoms with Crippen molar-refractivity contribution in [3.05, 3.63) is 217 Å². The standard InChI is InChI=1S/C75H96P2/c1-67(2,3)51-35-39-55(60(45-51)71(13,14)15)56-43-44-76-77-66(59-42-38-54(70(10,11)12)48-63(59)74(22,23)24)75(49-31-27-25-28-32-49,50-33-29-26-30-34-50)65(58-41-37-53(69(7,8)9)47-62(58)73(19,20)21)64(56)57-40-36-52(68(4,5)6)46-61(57)72(16,17)18/h25-48H,1-24H3/b56-43-,65-64+. The van der Waals surface area contributed by atoms with Crippen molar-refractivity contribution in [2.75, 3.05) is 0 Å². The van der Waals surface area contributed by atoms with Crippen LogP contribution in [-0.2, 0) is 48.7 Å². The van der Waals surface area contributed by atoms with Gasteiger partial charge in [-0.1, -0.05) is 300 Å². The third-order valence-electron chi connectivity index (χ3n) is 16.0. The van der Waals surface area contributed by atoms with Gasteiger partial charge >= 0.3 is 0 Å². The molecule has 0 N–H and O–H groups in total. The summed E-state index contributed by atoms with van der Waals surface area (Å²) in [4.78, 5) is 0. The molecule has 0 radical (unpaired) electrons. The van der Waals surface area contributed by atoms with E-state index in [4.69, 9.17) is 0 Å². The van der Waals surface area contributed by atoms with Gasteiger partial charge in [-0.15, -0.1) is 0 Å². The van der Waals surface area contributed by atoms with Crippen molar-refractivity contribution in [1.29, 1.82) is 0 Å². The van der Waals surface area contributed by atoms with Gasteiger partial charge in [-0.2, -0.15) is 0 Å². The summed E-state index contributed by atoms with van der Waals surface area (Å²) < 4.78 is 0. The van der Waals surface area contributed by atoms with Crippen LogP contribution in [0.25, 0.3) is 16.7 Å². The summed E-state index contributed by atoms with van der Waals surface area (Å²) in [6, 6.07) is 53.6. The molecule has 0 saturated heterocycles. The molecule has 0 atom stereocenters. The van der Waals surface area contributed by atoms with Gasteiger partial charge in [0.05, 0.1) is 5.41 Å². The summed E-state index contributed by atoms with van der Waals surface area (Å²) in [6.07, 6.45) is 2.55. The molecule has 0 fully saturated rings. The summed E-state index contributed by atoms with van der Waals surface area (Å²) in [5.74, 6) is 2.50. The zero-order valence-corrected chi connectivity index (χ0v) is 54.0. The Hall–Kier alpha value is -4.86. The maximum absolute atomic E-state index is 2.59. The zero-order valence-electron chi connectivity index (χ0n) is 52.3. The van der Waals surface area contributed by atoms with Crippen LogP contribution >= 0.6 is 15.8 Å². The topological polar surface area (TPSA) is 0 Å². The molecule has 0 aromatic heterocycles. The fourth-order valence-corrected chi connectivity index (χ4v) is 14.1. The van der Waals surface area contributed by atoms with Crippen LogP contribution < -0.4 is 0 Å². The highest BCUT2D eigenvalue weighted by Gasteiger charge is 2.49. The van der Waals surface area contributed by atoms with Crippen LogP contribution in [0.5, 0.6) is 0 Å². The van der Waals surface area contributed by atoms with Crippen LogP contribution in [0, 0.1) is 0 Å². The highest BCUT2D eigenvalue weighted by atomic mass is 32.0. The molecule has 0 unspecified atom stereocenters. The summed E-state index contributed by atoms with van der Waals surface area (Å²) in [7, 11) is 2.41. The van der Waals surface area contributed by atoms with E-state index in [1.54, 1.807) is 0 Å². The van der Waals surface area contributed by atoms with Crippen LogP contribution in [0.3, 0.4) is 0 Å². The average Bonchev–Trinajstić information content (AvgIpc) is 3.45. The highest BCUT2D eigenvalue weighted by Crippen LogP contribution is 2.59. The number of benzene rings is 6. The molecule has 77 heavy (non-hydrogen) atoms. The summed E-state index contributed by atoms with van der Waals surface area (Å²) in [5, 5.41) is 1.39. The van der Waals surface area contributed by atoms with Gasteiger partial charge in [0.25, 0.3) is 0 Å². The van der Waals surface area contributed by atoms with Gasteiger partial charge in [0, 0.05) is 5.29 Å². The van der Waals surface area contributed by atoms with Crippen molar-refractivity contribution in [2.24, 2.45) is 0 Å². The van der Waals surface area contributed by atoms with Crippen molar-refractivity contribution in [2.45, 2.75) is 215 Å². The van der Waals surface area contributed by atoms with E-state index >= 15 is 0 Å². The fourth-order valence-electron chi connectivity index (χ4n) is 11.4. The van der Waals surface area contributed by atoms with Crippen LogP contribution in [0.15, 0.2) is 140 Å². The minimum absolute atomic E-state index is 0.0371. The van der Waals surface area contributed by atoms with Crippen LogP contribution in [0.1, 0.15) is 244 Å². The first-order valence-corrected chi connectivity index (χ1v) is 31.1. The molecule has 1 heterocycles. The lowest BCUT2D eigenvalue weighted by molar-refractivity contribution is 0.565. The first-order valence-electron chi connectivity index (χ1n) is 28.6. The van der Waals surface area contributed by atoms with Crippen molar-refractivity contribution in [3.63, 3.8) is 0 Å². The van der Waals surface area contributed by atoms with Crippen LogP contribution in [0.4, 0.5) is 0 Å². The normalized spacial score (nSPS) is 18.1. The SMILES string of the molecule is CC(C)(C)c1ccc(C2=C/C=P\P=C(\c3ccc(C(C)(C)C)cc3C(C)(C)C)C(c3ccccc3)(c3ccccc3)/C(c3ccc(C(C)(C)C)cc3C(C)(C)C)=C\2c2ccc(C(C)(C)C)cc2C(C)(C)C)c(C(C)(C)C)c1. The Morgan fingerprint density at radius 3 is 0.987 bits per heavy atom. The molecule has 7 rings (SSSR count). The van der Waals surface area contributed by atoms with Crippen LogP contribution in [-0.4, -0.2) is 11.1 Å². The maximum Gasteiger partial charge on any atom is 0.0765 e. The lowest BCUT2D eigenvalue weighted by Crippen LogP contribution is -2.41. The molecule has 406 valence electrons. The Morgan fingerprint density at radius 1 is 0.312 bits per heavy atom. The lowest BCUT2D eigenvalue weighted by atomic mass is 9.58. The molecule has 1 aliphatic heterocycles. The second-order valence-electron chi connectivity index (χ2n) is 30.6. The molecular formula is C75H96P2. The number of hydrogen-bond acceptors (Lipinski definition) is 0. The Labute approximate surface area is 473 Å². The number of rotatable bonds is 6. The van der Waals surface area contributed by atoms with Crippen molar-refractivity contribution in [1.82, 2.24) is 0 Å². The van der Waals surface area contributed by atoms with Crippen molar-refractivity contribution >= 4 is 43.6 Å². The Balaban J connectivity index is 1.98. The van der Waals surface area contributed by atoms with Gasteiger partial charge in [0.2, 0.25) is 0 Å².